The van der Waals surface area contributed by atoms with Crippen molar-refractivity contribution in [2.24, 2.45) is 0 Å². The third kappa shape index (κ3) is 3.60. The zero-order valence-electron chi connectivity index (χ0n) is 14.7. The summed E-state index contributed by atoms with van der Waals surface area (Å²) >= 11 is 0. The second-order valence-electron chi connectivity index (χ2n) is 7.34. The Morgan fingerprint density at radius 3 is 2.57 bits per heavy atom. The van der Waals surface area contributed by atoms with Crippen LogP contribution in [0.25, 0.3) is 0 Å². The maximum absolute atomic E-state index is 12.5. The average molecular weight is 318 g/mol. The minimum absolute atomic E-state index is 0.0700. The molecule has 0 bridgehead atoms. The van der Waals surface area contributed by atoms with Crippen molar-refractivity contribution in [1.29, 1.82) is 0 Å². The summed E-state index contributed by atoms with van der Waals surface area (Å²) in [6.07, 6.45) is 9.51. The van der Waals surface area contributed by atoms with Crippen LogP contribution < -0.4 is 5.32 Å². The molecule has 1 aliphatic heterocycles. The van der Waals surface area contributed by atoms with E-state index in [1.165, 1.54) is 38.5 Å². The maximum Gasteiger partial charge on any atom is 0.237 e. The van der Waals surface area contributed by atoms with Crippen LogP contribution >= 0.6 is 0 Å². The van der Waals surface area contributed by atoms with Gasteiger partial charge in [0.15, 0.2) is 0 Å². The van der Waals surface area contributed by atoms with Crippen LogP contribution in [0.2, 0.25) is 0 Å². The highest BCUT2D eigenvalue weighted by Gasteiger charge is 2.34. The molecule has 0 radical (unpaired) electrons. The fourth-order valence-electron chi connectivity index (χ4n) is 4.28. The van der Waals surface area contributed by atoms with Gasteiger partial charge in [0.05, 0.1) is 24.3 Å². The van der Waals surface area contributed by atoms with Crippen molar-refractivity contribution < 1.29 is 4.79 Å². The highest BCUT2D eigenvalue weighted by Crippen LogP contribution is 2.29. The smallest absolute Gasteiger partial charge is 0.237 e. The van der Waals surface area contributed by atoms with Crippen LogP contribution in [0.3, 0.4) is 0 Å². The Morgan fingerprint density at radius 2 is 1.91 bits per heavy atom. The van der Waals surface area contributed by atoms with E-state index in [0.29, 0.717) is 24.7 Å². The normalized spacial score (nSPS) is 27.4. The number of aromatic nitrogens is 2. The van der Waals surface area contributed by atoms with Crippen LogP contribution in [0.1, 0.15) is 71.0 Å². The fraction of sp³-hybridized carbons (Fsp3) is 0.778. The zero-order chi connectivity index (χ0) is 16.4. The molecule has 1 aliphatic carbocycles. The number of hydrogen-bond donors (Lipinski definition) is 1. The largest absolute Gasteiger partial charge is 0.349 e. The standard InChI is InChI=1S/C18H30N4O/c1-13-8-9-14(2)22(13)15(3)18(23)19-12-16-10-11-21(20-16)17-6-4-5-7-17/h10-11,13-15,17H,4-9,12H2,1-3H3,(H,19,23)/t13-,14-,15-/m1/s1. The van der Waals surface area contributed by atoms with Crippen molar-refractivity contribution in [2.45, 2.75) is 90.0 Å². The Bertz CT molecular complexity index is 525. The average Bonchev–Trinajstić information content (AvgIpc) is 3.25. The van der Waals surface area contributed by atoms with Crippen molar-refractivity contribution in [3.05, 3.63) is 18.0 Å². The molecule has 1 saturated heterocycles. The number of nitrogens with one attached hydrogen (secondary N) is 1. The molecule has 2 fully saturated rings. The van der Waals surface area contributed by atoms with Gasteiger partial charge in [-0.3, -0.25) is 14.4 Å². The van der Waals surface area contributed by atoms with Gasteiger partial charge >= 0.3 is 0 Å². The summed E-state index contributed by atoms with van der Waals surface area (Å²) < 4.78 is 2.09. The number of carbonyl (C=O) groups is 1. The third-order valence-electron chi connectivity index (χ3n) is 5.65. The SMILES string of the molecule is C[C@@H]1CC[C@@H](C)N1[C@H](C)C(=O)NCc1ccn(C2CCCC2)n1. The van der Waals surface area contributed by atoms with Crippen molar-refractivity contribution in [2.75, 3.05) is 0 Å². The van der Waals surface area contributed by atoms with E-state index in [-0.39, 0.29) is 11.9 Å². The second kappa shape index (κ2) is 7.04. The monoisotopic (exact) mass is 318 g/mol. The van der Waals surface area contributed by atoms with Crippen LogP contribution in [-0.2, 0) is 11.3 Å². The highest BCUT2D eigenvalue weighted by molar-refractivity contribution is 5.81. The van der Waals surface area contributed by atoms with Gasteiger partial charge in [-0.15, -0.1) is 0 Å². The van der Waals surface area contributed by atoms with E-state index in [4.69, 9.17) is 0 Å². The molecule has 2 heterocycles. The van der Waals surface area contributed by atoms with Crippen molar-refractivity contribution in [3.63, 3.8) is 0 Å². The molecule has 1 aromatic rings. The second-order valence-corrected chi connectivity index (χ2v) is 7.34. The summed E-state index contributed by atoms with van der Waals surface area (Å²) in [6.45, 7) is 6.98. The first-order valence-corrected chi connectivity index (χ1v) is 9.15. The van der Waals surface area contributed by atoms with Crippen LogP contribution in [0.5, 0.6) is 0 Å². The van der Waals surface area contributed by atoms with Gasteiger partial charge in [-0.1, -0.05) is 12.8 Å². The molecule has 5 heteroatoms. The van der Waals surface area contributed by atoms with E-state index < -0.39 is 0 Å². The molecule has 1 N–H and O–H groups in total. The van der Waals surface area contributed by atoms with E-state index in [1.54, 1.807) is 0 Å². The molecule has 3 rings (SSSR count). The van der Waals surface area contributed by atoms with Crippen LogP contribution in [0, 0.1) is 0 Å². The van der Waals surface area contributed by atoms with Gasteiger partial charge in [-0.2, -0.15) is 5.10 Å². The number of amides is 1. The van der Waals surface area contributed by atoms with Crippen LogP contribution in [-0.4, -0.2) is 38.7 Å². The van der Waals surface area contributed by atoms with Gasteiger partial charge in [0.1, 0.15) is 0 Å². The number of likely N-dealkylation sites (tertiary alicyclic amines) is 1. The number of hydrogen-bond acceptors (Lipinski definition) is 3. The molecule has 0 unspecified atom stereocenters. The summed E-state index contributed by atoms with van der Waals surface area (Å²) in [5.74, 6) is 0.112. The lowest BCUT2D eigenvalue weighted by atomic mass is 10.2. The first-order chi connectivity index (χ1) is 11.1. The predicted molar refractivity (Wildman–Crippen MR) is 91.0 cm³/mol. The number of rotatable bonds is 5. The van der Waals surface area contributed by atoms with E-state index in [2.05, 4.69) is 40.0 Å². The third-order valence-corrected chi connectivity index (χ3v) is 5.65. The van der Waals surface area contributed by atoms with E-state index in [9.17, 15) is 4.79 Å². The van der Waals surface area contributed by atoms with Gasteiger partial charge in [-0.25, -0.2) is 0 Å². The van der Waals surface area contributed by atoms with Gasteiger partial charge < -0.3 is 5.32 Å². The van der Waals surface area contributed by atoms with Crippen molar-refractivity contribution in [1.82, 2.24) is 20.0 Å². The highest BCUT2D eigenvalue weighted by atomic mass is 16.2. The number of carbonyl (C=O) groups excluding carboxylic acids is 1. The van der Waals surface area contributed by atoms with Crippen molar-refractivity contribution in [3.8, 4) is 0 Å². The lowest BCUT2D eigenvalue weighted by molar-refractivity contribution is -0.127. The summed E-state index contributed by atoms with van der Waals surface area (Å²) in [7, 11) is 0. The molecule has 1 aromatic heterocycles. The zero-order valence-corrected chi connectivity index (χ0v) is 14.7. The first kappa shape index (κ1) is 16.5. The lowest BCUT2D eigenvalue weighted by Crippen LogP contribution is -2.48. The van der Waals surface area contributed by atoms with Crippen LogP contribution in [0.15, 0.2) is 12.3 Å². The lowest BCUT2D eigenvalue weighted by Gasteiger charge is -2.31. The van der Waals surface area contributed by atoms with Gasteiger partial charge in [0, 0.05) is 18.3 Å². The summed E-state index contributed by atoms with van der Waals surface area (Å²) in [5.41, 5.74) is 0.958. The molecule has 0 spiro atoms. The molecule has 0 aromatic carbocycles. The van der Waals surface area contributed by atoms with E-state index in [0.717, 1.165) is 5.69 Å². The molecule has 1 saturated carbocycles. The minimum atomic E-state index is -0.0700. The van der Waals surface area contributed by atoms with Gasteiger partial charge in [-0.05, 0) is 52.5 Å². The van der Waals surface area contributed by atoms with Crippen molar-refractivity contribution >= 4 is 5.91 Å². The minimum Gasteiger partial charge on any atom is -0.349 e. The molecule has 3 atom stereocenters. The van der Waals surface area contributed by atoms with E-state index in [1.807, 2.05) is 13.0 Å². The van der Waals surface area contributed by atoms with E-state index >= 15 is 0 Å². The quantitative estimate of drug-likeness (QED) is 0.908. The summed E-state index contributed by atoms with van der Waals surface area (Å²) in [6, 6.07) is 3.51. The Hall–Kier alpha value is -1.36. The number of nitrogens with zero attached hydrogens (tertiary/aromatic N) is 3. The fourth-order valence-corrected chi connectivity index (χ4v) is 4.28. The Morgan fingerprint density at radius 1 is 1.26 bits per heavy atom. The predicted octanol–water partition coefficient (Wildman–Crippen LogP) is 2.88. The topological polar surface area (TPSA) is 50.2 Å². The summed E-state index contributed by atoms with van der Waals surface area (Å²) in [4.78, 5) is 14.8. The summed E-state index contributed by atoms with van der Waals surface area (Å²) in [5, 5.41) is 7.70. The molecule has 128 valence electrons. The Kier molecular flexibility index (Phi) is 5.05. The molecule has 2 aliphatic rings. The van der Waals surface area contributed by atoms with Crippen LogP contribution in [0.4, 0.5) is 0 Å². The molecular formula is C18H30N4O. The first-order valence-electron chi connectivity index (χ1n) is 9.15. The van der Waals surface area contributed by atoms with Gasteiger partial charge in [0.2, 0.25) is 5.91 Å². The molecule has 5 nitrogen and oxygen atoms in total. The molecule has 1 amide bonds. The van der Waals surface area contributed by atoms with Gasteiger partial charge in [0.25, 0.3) is 0 Å². The molecular weight excluding hydrogens is 288 g/mol. The Labute approximate surface area is 139 Å². The molecule has 23 heavy (non-hydrogen) atoms. The maximum atomic E-state index is 12.5. The Balaban J connectivity index is 1.52.